The zero-order chi connectivity index (χ0) is 22.2. The van der Waals surface area contributed by atoms with E-state index in [0.717, 1.165) is 12.1 Å². The van der Waals surface area contributed by atoms with E-state index in [4.69, 9.17) is 9.26 Å². The van der Waals surface area contributed by atoms with Crippen molar-refractivity contribution in [2.24, 2.45) is 0 Å². The summed E-state index contributed by atoms with van der Waals surface area (Å²) in [7, 11) is 0. The topological polar surface area (TPSA) is 83.0 Å². The lowest BCUT2D eigenvalue weighted by atomic mass is 10.2. The van der Waals surface area contributed by atoms with Gasteiger partial charge in [0.15, 0.2) is 5.82 Å². The molecule has 160 valence electrons. The Hall–Kier alpha value is -3.47. The molecule has 3 heterocycles. The molecule has 0 fully saturated rings. The number of ether oxygens (including phenoxy) is 1. The summed E-state index contributed by atoms with van der Waals surface area (Å²) in [4.78, 5) is 17.4. The summed E-state index contributed by atoms with van der Waals surface area (Å²) in [5.74, 6) is -0.332. The standard InChI is InChI=1S/C20H15F3N4O3S/c1-11-15(12(2)30-26-11)10-29-19(28)17-24-18(16-7-4-8-31-16)27(25-17)14-6-3-5-13(9-14)20(21,22)23/h3-9H,10H2,1-2H3. The van der Waals surface area contributed by atoms with Gasteiger partial charge in [0.05, 0.1) is 27.4 Å². The third-order valence-electron chi connectivity index (χ3n) is 4.48. The van der Waals surface area contributed by atoms with Crippen LogP contribution in [-0.2, 0) is 17.5 Å². The molecule has 0 spiro atoms. The van der Waals surface area contributed by atoms with Crippen molar-refractivity contribution in [3.63, 3.8) is 0 Å². The van der Waals surface area contributed by atoms with Crippen LogP contribution < -0.4 is 0 Å². The minimum atomic E-state index is -4.52. The summed E-state index contributed by atoms with van der Waals surface area (Å²) in [6.45, 7) is 3.32. The second-order valence-electron chi connectivity index (χ2n) is 6.58. The highest BCUT2D eigenvalue weighted by Crippen LogP contribution is 2.32. The Bertz CT molecular complexity index is 1210. The van der Waals surface area contributed by atoms with Crippen molar-refractivity contribution in [1.29, 1.82) is 0 Å². The number of alkyl halides is 3. The number of hydrogen-bond acceptors (Lipinski definition) is 7. The van der Waals surface area contributed by atoms with Gasteiger partial charge in [-0.3, -0.25) is 0 Å². The highest BCUT2D eigenvalue weighted by atomic mass is 32.1. The first-order valence-electron chi connectivity index (χ1n) is 9.01. The molecule has 4 aromatic rings. The number of thiophene rings is 1. The molecule has 0 radical (unpaired) electrons. The van der Waals surface area contributed by atoms with Crippen LogP contribution in [0.4, 0.5) is 13.2 Å². The molecule has 0 atom stereocenters. The van der Waals surface area contributed by atoms with Gasteiger partial charge in [-0.05, 0) is 43.5 Å². The molecule has 3 aromatic heterocycles. The van der Waals surface area contributed by atoms with E-state index in [2.05, 4.69) is 15.2 Å². The summed E-state index contributed by atoms with van der Waals surface area (Å²) < 4.78 is 51.0. The number of carbonyl (C=O) groups excluding carboxylic acids is 1. The van der Waals surface area contributed by atoms with E-state index in [1.807, 2.05) is 0 Å². The molecule has 1 aromatic carbocycles. The van der Waals surface area contributed by atoms with Crippen molar-refractivity contribution in [3.05, 3.63) is 70.2 Å². The number of halogens is 3. The number of carbonyl (C=O) groups is 1. The van der Waals surface area contributed by atoms with Crippen LogP contribution in [0.25, 0.3) is 16.4 Å². The van der Waals surface area contributed by atoms with E-state index >= 15 is 0 Å². The summed E-state index contributed by atoms with van der Waals surface area (Å²) in [5, 5.41) is 9.72. The molecule has 11 heteroatoms. The van der Waals surface area contributed by atoms with Crippen molar-refractivity contribution in [2.75, 3.05) is 0 Å². The van der Waals surface area contributed by atoms with Crippen LogP contribution in [0, 0.1) is 13.8 Å². The molecule has 0 saturated carbocycles. The Balaban J connectivity index is 1.69. The van der Waals surface area contributed by atoms with Gasteiger partial charge in [-0.15, -0.1) is 16.4 Å². The highest BCUT2D eigenvalue weighted by Gasteiger charge is 2.31. The van der Waals surface area contributed by atoms with Crippen LogP contribution in [0.1, 0.15) is 33.2 Å². The second-order valence-corrected chi connectivity index (χ2v) is 7.52. The summed E-state index contributed by atoms with van der Waals surface area (Å²) in [6.07, 6.45) is -4.52. The molecule has 0 aliphatic carbocycles. The molecule has 7 nitrogen and oxygen atoms in total. The Morgan fingerprint density at radius 2 is 2.03 bits per heavy atom. The van der Waals surface area contributed by atoms with Crippen molar-refractivity contribution in [1.82, 2.24) is 19.9 Å². The number of benzene rings is 1. The summed E-state index contributed by atoms with van der Waals surface area (Å²) in [5.41, 5.74) is 0.506. The number of aromatic nitrogens is 4. The number of rotatable bonds is 5. The van der Waals surface area contributed by atoms with Crippen LogP contribution >= 0.6 is 11.3 Å². The van der Waals surface area contributed by atoms with Gasteiger partial charge in [0.2, 0.25) is 0 Å². The fourth-order valence-corrected chi connectivity index (χ4v) is 3.57. The number of esters is 1. The third-order valence-corrected chi connectivity index (χ3v) is 5.34. The maximum absolute atomic E-state index is 13.2. The lowest BCUT2D eigenvalue weighted by Crippen LogP contribution is -2.09. The predicted molar refractivity (Wildman–Crippen MR) is 105 cm³/mol. The molecule has 0 saturated heterocycles. The van der Waals surface area contributed by atoms with E-state index < -0.39 is 17.7 Å². The largest absolute Gasteiger partial charge is 0.455 e. The van der Waals surface area contributed by atoms with E-state index in [1.165, 1.54) is 28.2 Å². The minimum Gasteiger partial charge on any atom is -0.455 e. The monoisotopic (exact) mass is 448 g/mol. The van der Waals surface area contributed by atoms with Gasteiger partial charge in [0, 0.05) is 0 Å². The Morgan fingerprint density at radius 1 is 1.23 bits per heavy atom. The zero-order valence-electron chi connectivity index (χ0n) is 16.3. The van der Waals surface area contributed by atoms with E-state index in [1.54, 1.807) is 31.4 Å². The summed E-state index contributed by atoms with van der Waals surface area (Å²) in [6, 6.07) is 8.14. The smallest absolute Gasteiger partial charge is 0.416 e. The average molecular weight is 448 g/mol. The fourth-order valence-electron chi connectivity index (χ4n) is 2.87. The molecule has 0 aliphatic rings. The Morgan fingerprint density at radius 3 is 2.68 bits per heavy atom. The molecule has 0 aliphatic heterocycles. The minimum absolute atomic E-state index is 0.0908. The molecular formula is C20H15F3N4O3S. The van der Waals surface area contributed by atoms with Gasteiger partial charge >= 0.3 is 12.1 Å². The van der Waals surface area contributed by atoms with E-state index in [0.29, 0.717) is 21.9 Å². The fraction of sp³-hybridized carbons (Fsp3) is 0.200. The zero-order valence-corrected chi connectivity index (χ0v) is 17.1. The SMILES string of the molecule is Cc1noc(C)c1COC(=O)c1nc(-c2cccs2)n(-c2cccc(C(F)(F)F)c2)n1. The van der Waals surface area contributed by atoms with Gasteiger partial charge in [-0.25, -0.2) is 9.48 Å². The van der Waals surface area contributed by atoms with Crippen LogP contribution in [0.2, 0.25) is 0 Å². The second kappa shape index (κ2) is 7.99. The van der Waals surface area contributed by atoms with Crippen LogP contribution in [0.5, 0.6) is 0 Å². The third kappa shape index (κ3) is 4.22. The quantitative estimate of drug-likeness (QED) is 0.401. The van der Waals surface area contributed by atoms with E-state index in [-0.39, 0.29) is 23.9 Å². The molecule has 0 N–H and O–H groups in total. The molecule has 0 unspecified atom stereocenters. The molecular weight excluding hydrogens is 433 g/mol. The first-order valence-corrected chi connectivity index (χ1v) is 9.89. The Labute approximate surface area is 178 Å². The van der Waals surface area contributed by atoms with Crippen molar-refractivity contribution >= 4 is 17.3 Å². The molecule has 31 heavy (non-hydrogen) atoms. The van der Waals surface area contributed by atoms with E-state index in [9.17, 15) is 18.0 Å². The van der Waals surface area contributed by atoms with Crippen molar-refractivity contribution < 1.29 is 27.2 Å². The lowest BCUT2D eigenvalue weighted by Gasteiger charge is -2.09. The van der Waals surface area contributed by atoms with Gasteiger partial charge in [-0.1, -0.05) is 17.3 Å². The van der Waals surface area contributed by atoms with Gasteiger partial charge < -0.3 is 9.26 Å². The number of aryl methyl sites for hydroxylation is 2. The van der Waals surface area contributed by atoms with Gasteiger partial charge in [0.1, 0.15) is 12.4 Å². The first-order chi connectivity index (χ1) is 14.7. The van der Waals surface area contributed by atoms with Crippen LogP contribution in [-0.4, -0.2) is 25.9 Å². The van der Waals surface area contributed by atoms with Gasteiger partial charge in [0.25, 0.3) is 5.82 Å². The van der Waals surface area contributed by atoms with Crippen molar-refractivity contribution in [2.45, 2.75) is 26.6 Å². The van der Waals surface area contributed by atoms with Crippen LogP contribution in [0.3, 0.4) is 0 Å². The first kappa shape index (κ1) is 20.8. The van der Waals surface area contributed by atoms with Gasteiger partial charge in [-0.2, -0.15) is 18.2 Å². The molecule has 0 amide bonds. The predicted octanol–water partition coefficient (Wildman–Crippen LogP) is 4.98. The van der Waals surface area contributed by atoms with Crippen LogP contribution in [0.15, 0.2) is 46.3 Å². The molecule has 0 bridgehead atoms. The lowest BCUT2D eigenvalue weighted by molar-refractivity contribution is -0.137. The average Bonchev–Trinajstić information content (AvgIpc) is 3.46. The number of hydrogen-bond donors (Lipinski definition) is 0. The maximum Gasteiger partial charge on any atom is 0.416 e. The maximum atomic E-state index is 13.2. The summed E-state index contributed by atoms with van der Waals surface area (Å²) >= 11 is 1.32. The molecule has 4 rings (SSSR count). The van der Waals surface area contributed by atoms with Crippen molar-refractivity contribution in [3.8, 4) is 16.4 Å². The normalized spacial score (nSPS) is 11.6. The Kier molecular flexibility index (Phi) is 5.36. The highest BCUT2D eigenvalue weighted by molar-refractivity contribution is 7.13. The number of nitrogens with zero attached hydrogens (tertiary/aromatic N) is 4.